The van der Waals surface area contributed by atoms with E-state index in [-0.39, 0.29) is 0 Å². The molecule has 16 heavy (non-hydrogen) atoms. The fraction of sp³-hybridized carbons (Fsp3) is 0.200. The van der Waals surface area contributed by atoms with Gasteiger partial charge >= 0.3 is 0 Å². The summed E-state index contributed by atoms with van der Waals surface area (Å²) in [6.07, 6.45) is 3.91. The molecule has 1 N–H and O–H groups in total. The van der Waals surface area contributed by atoms with E-state index in [1.807, 2.05) is 0 Å². The number of hydrogen-bond acceptors (Lipinski definition) is 3. The lowest BCUT2D eigenvalue weighted by molar-refractivity contribution is 0.209. The van der Waals surface area contributed by atoms with E-state index in [2.05, 4.69) is 26.0 Å². The van der Waals surface area contributed by atoms with Crippen molar-refractivity contribution < 1.29 is 5.11 Å². The Kier molecular flexibility index (Phi) is 3.28. The number of pyridine rings is 1. The minimum atomic E-state index is -0.822. The van der Waals surface area contributed by atoms with Crippen LogP contribution in [0.4, 0.5) is 0 Å². The van der Waals surface area contributed by atoms with Gasteiger partial charge in [0.2, 0.25) is 0 Å². The Morgan fingerprint density at radius 3 is 2.81 bits per heavy atom. The van der Waals surface area contributed by atoms with E-state index in [1.54, 1.807) is 30.2 Å². The number of nitrogens with zero attached hydrogens (tertiary/aromatic N) is 3. The standard InChI is InChI=1S/C10H9BrClN3O/c1-15-9(7(11)4-14-15)10(16)6-2-3-13-5-8(6)12/h2-5,10,16H,1H3. The summed E-state index contributed by atoms with van der Waals surface area (Å²) >= 11 is 9.31. The molecule has 0 bridgehead atoms. The lowest BCUT2D eigenvalue weighted by Gasteiger charge is -2.13. The van der Waals surface area contributed by atoms with Crippen molar-refractivity contribution in [2.45, 2.75) is 6.10 Å². The van der Waals surface area contributed by atoms with Crippen LogP contribution < -0.4 is 0 Å². The summed E-state index contributed by atoms with van der Waals surface area (Å²) in [5.74, 6) is 0. The van der Waals surface area contributed by atoms with Crippen LogP contribution in [0.1, 0.15) is 17.4 Å². The number of aliphatic hydroxyl groups excluding tert-OH is 1. The molecule has 2 rings (SSSR count). The number of aryl methyl sites for hydroxylation is 1. The van der Waals surface area contributed by atoms with Gasteiger partial charge in [-0.1, -0.05) is 11.6 Å². The highest BCUT2D eigenvalue weighted by molar-refractivity contribution is 9.10. The van der Waals surface area contributed by atoms with Crippen LogP contribution in [0.15, 0.2) is 29.1 Å². The van der Waals surface area contributed by atoms with Gasteiger partial charge in [-0.3, -0.25) is 9.67 Å². The third-order valence-electron chi connectivity index (χ3n) is 2.30. The summed E-state index contributed by atoms with van der Waals surface area (Å²) in [6.45, 7) is 0. The van der Waals surface area contributed by atoms with Crippen molar-refractivity contribution in [3.8, 4) is 0 Å². The van der Waals surface area contributed by atoms with Crippen LogP contribution in [0, 0.1) is 0 Å². The Bertz CT molecular complexity index is 495. The van der Waals surface area contributed by atoms with Crippen molar-refractivity contribution in [2.24, 2.45) is 7.05 Å². The van der Waals surface area contributed by atoms with E-state index >= 15 is 0 Å². The van der Waals surface area contributed by atoms with Gasteiger partial charge in [-0.2, -0.15) is 5.10 Å². The zero-order chi connectivity index (χ0) is 11.7. The van der Waals surface area contributed by atoms with Crippen molar-refractivity contribution in [2.75, 3.05) is 0 Å². The molecule has 0 radical (unpaired) electrons. The Hall–Kier alpha value is -0.910. The van der Waals surface area contributed by atoms with Crippen molar-refractivity contribution >= 4 is 27.5 Å². The molecule has 2 heterocycles. The van der Waals surface area contributed by atoms with Crippen LogP contribution in [-0.4, -0.2) is 19.9 Å². The topological polar surface area (TPSA) is 50.9 Å². The number of aliphatic hydroxyl groups is 1. The van der Waals surface area contributed by atoms with Crippen LogP contribution in [0.25, 0.3) is 0 Å². The number of hydrogen-bond donors (Lipinski definition) is 1. The molecule has 6 heteroatoms. The first-order chi connectivity index (χ1) is 7.61. The smallest absolute Gasteiger partial charge is 0.123 e. The van der Waals surface area contributed by atoms with Crippen LogP contribution in [0.3, 0.4) is 0 Å². The van der Waals surface area contributed by atoms with E-state index in [4.69, 9.17) is 11.6 Å². The first-order valence-corrected chi connectivity index (χ1v) is 5.73. The molecule has 0 saturated carbocycles. The summed E-state index contributed by atoms with van der Waals surface area (Å²) in [4.78, 5) is 3.88. The maximum Gasteiger partial charge on any atom is 0.123 e. The summed E-state index contributed by atoms with van der Waals surface area (Å²) in [7, 11) is 1.76. The maximum atomic E-state index is 10.2. The highest BCUT2D eigenvalue weighted by Gasteiger charge is 2.20. The van der Waals surface area contributed by atoms with Gasteiger partial charge < -0.3 is 5.11 Å². The zero-order valence-electron chi connectivity index (χ0n) is 8.43. The minimum Gasteiger partial charge on any atom is -0.382 e. The van der Waals surface area contributed by atoms with Gasteiger partial charge in [0, 0.05) is 25.0 Å². The predicted molar refractivity (Wildman–Crippen MR) is 64.2 cm³/mol. The monoisotopic (exact) mass is 301 g/mol. The third kappa shape index (κ3) is 1.98. The minimum absolute atomic E-state index is 0.433. The Labute approximate surface area is 106 Å². The zero-order valence-corrected chi connectivity index (χ0v) is 10.8. The highest BCUT2D eigenvalue weighted by Crippen LogP contribution is 2.31. The molecule has 0 fully saturated rings. The largest absolute Gasteiger partial charge is 0.382 e. The second-order valence-corrected chi connectivity index (χ2v) is 4.56. The molecule has 1 unspecified atom stereocenters. The number of rotatable bonds is 2. The average molecular weight is 303 g/mol. The fourth-order valence-corrected chi connectivity index (χ4v) is 2.27. The van der Waals surface area contributed by atoms with Gasteiger partial charge in [0.05, 0.1) is 21.4 Å². The quantitative estimate of drug-likeness (QED) is 0.926. The van der Waals surface area contributed by atoms with E-state index < -0.39 is 6.10 Å². The van der Waals surface area contributed by atoms with Gasteiger partial charge in [0.15, 0.2) is 0 Å². The van der Waals surface area contributed by atoms with Crippen LogP contribution in [-0.2, 0) is 7.05 Å². The van der Waals surface area contributed by atoms with Crippen molar-refractivity contribution in [1.29, 1.82) is 0 Å². The van der Waals surface area contributed by atoms with Crippen LogP contribution in [0.2, 0.25) is 5.02 Å². The molecular formula is C10H9BrClN3O. The number of halogens is 2. The second-order valence-electron chi connectivity index (χ2n) is 3.30. The van der Waals surface area contributed by atoms with Gasteiger partial charge in [0.25, 0.3) is 0 Å². The molecule has 0 aromatic carbocycles. The Morgan fingerprint density at radius 2 is 2.25 bits per heavy atom. The molecule has 84 valence electrons. The lowest BCUT2D eigenvalue weighted by atomic mass is 10.1. The summed E-state index contributed by atoms with van der Waals surface area (Å²) in [5.41, 5.74) is 1.27. The number of aromatic nitrogens is 3. The predicted octanol–water partition coefficient (Wildman–Crippen LogP) is 2.31. The van der Waals surface area contributed by atoms with Gasteiger partial charge in [-0.25, -0.2) is 0 Å². The molecule has 4 nitrogen and oxygen atoms in total. The van der Waals surface area contributed by atoms with Gasteiger partial charge in [-0.05, 0) is 22.0 Å². The summed E-state index contributed by atoms with van der Waals surface area (Å²) < 4.78 is 2.35. The Balaban J connectivity index is 2.47. The van der Waals surface area contributed by atoms with Crippen LogP contribution in [0.5, 0.6) is 0 Å². The summed E-state index contributed by atoms with van der Waals surface area (Å²) in [5, 5.41) is 14.7. The molecule has 0 aliphatic carbocycles. The average Bonchev–Trinajstić information content (AvgIpc) is 2.58. The molecule has 1 atom stereocenters. The van der Waals surface area contributed by atoms with E-state index in [0.29, 0.717) is 16.3 Å². The third-order valence-corrected chi connectivity index (χ3v) is 3.22. The fourth-order valence-electron chi connectivity index (χ4n) is 1.48. The first kappa shape index (κ1) is 11.6. The van der Waals surface area contributed by atoms with Crippen molar-refractivity contribution in [3.63, 3.8) is 0 Å². The molecule has 2 aromatic rings. The Morgan fingerprint density at radius 1 is 1.50 bits per heavy atom. The van der Waals surface area contributed by atoms with Gasteiger partial charge in [-0.15, -0.1) is 0 Å². The van der Waals surface area contributed by atoms with Crippen LogP contribution >= 0.6 is 27.5 Å². The van der Waals surface area contributed by atoms with Gasteiger partial charge in [0.1, 0.15) is 6.10 Å². The molecule has 0 aliphatic rings. The molecule has 0 aliphatic heterocycles. The second kappa shape index (κ2) is 4.53. The molecule has 0 saturated heterocycles. The lowest BCUT2D eigenvalue weighted by Crippen LogP contribution is -2.08. The van der Waals surface area contributed by atoms with E-state index in [0.717, 1.165) is 4.47 Å². The SMILES string of the molecule is Cn1ncc(Br)c1C(O)c1ccncc1Cl. The molecule has 0 amide bonds. The summed E-state index contributed by atoms with van der Waals surface area (Å²) in [6, 6.07) is 1.69. The van der Waals surface area contributed by atoms with E-state index in [9.17, 15) is 5.11 Å². The normalized spacial score (nSPS) is 12.8. The maximum absolute atomic E-state index is 10.2. The molecule has 2 aromatic heterocycles. The first-order valence-electron chi connectivity index (χ1n) is 4.56. The molecule has 0 spiro atoms. The highest BCUT2D eigenvalue weighted by atomic mass is 79.9. The van der Waals surface area contributed by atoms with E-state index in [1.165, 1.54) is 6.20 Å². The van der Waals surface area contributed by atoms with Crippen molar-refractivity contribution in [1.82, 2.24) is 14.8 Å². The molecular weight excluding hydrogens is 293 g/mol. The van der Waals surface area contributed by atoms with Crippen molar-refractivity contribution in [3.05, 3.63) is 45.4 Å².